The van der Waals surface area contributed by atoms with Gasteiger partial charge in [-0.05, 0) is 12.8 Å². The molecule has 0 bridgehead atoms. The number of carboxylic acid groups (broad SMARTS) is 4. The van der Waals surface area contributed by atoms with Crippen molar-refractivity contribution < 1.29 is 54.7 Å². The van der Waals surface area contributed by atoms with Gasteiger partial charge in [0.1, 0.15) is 11.9 Å². The molecule has 0 heterocycles. The van der Waals surface area contributed by atoms with E-state index in [-0.39, 0.29) is 81.0 Å². The monoisotopic (exact) mass is 386 g/mol. The Morgan fingerprint density at radius 2 is 0.739 bits per heavy atom. The van der Waals surface area contributed by atoms with E-state index >= 15 is 0 Å². The van der Waals surface area contributed by atoms with Crippen LogP contribution < -0.4 is 20.4 Å². The molecule has 0 fully saturated rings. The van der Waals surface area contributed by atoms with Crippen LogP contribution in [0.5, 0.6) is 0 Å². The summed E-state index contributed by atoms with van der Waals surface area (Å²) >= 11 is 0. The summed E-state index contributed by atoms with van der Waals surface area (Å²) in [4.78, 5) is 58.8. The van der Waals surface area contributed by atoms with Gasteiger partial charge in [0, 0.05) is 24.8 Å². The normalized spacial score (nSPS) is 7.65. The van der Waals surface area contributed by atoms with Crippen molar-refractivity contribution in [2.75, 3.05) is 0 Å². The third-order valence-corrected chi connectivity index (χ3v) is 1.57. The topological polar surface area (TPSA) is 226 Å². The second kappa shape index (κ2) is 19.7. The number of hydrogen-bond donors (Lipinski definition) is 0. The Balaban J connectivity index is -0.0000000831. The van der Waals surface area contributed by atoms with E-state index in [1.807, 2.05) is 0 Å². The minimum atomic E-state index is -1.86. The maximum Gasteiger partial charge on any atom is 2.00 e. The van der Waals surface area contributed by atoms with E-state index < -0.39 is 61.1 Å². The zero-order valence-electron chi connectivity index (χ0n) is 11.8. The summed E-state index contributed by atoms with van der Waals surface area (Å²) in [5.74, 6) is -9.06. The van der Waals surface area contributed by atoms with Crippen LogP contribution in [0, 0.1) is 0 Å². The summed E-state index contributed by atoms with van der Waals surface area (Å²) in [5.41, 5.74) is 0. The SMILES string of the molecule is O.O=C([O-])CCC(=O)C(=O)[O-].O=C([O-])CCC(=O)C(=O)[O-].[Ca+2].[Ca+2]. The van der Waals surface area contributed by atoms with Crippen molar-refractivity contribution in [1.29, 1.82) is 0 Å². The number of rotatable bonds is 8. The van der Waals surface area contributed by atoms with Crippen molar-refractivity contribution in [3.05, 3.63) is 0 Å². The first-order chi connectivity index (χ1) is 9.07. The smallest absolute Gasteiger partial charge is 0.550 e. The molecule has 0 aromatic heterocycles. The second-order valence-electron chi connectivity index (χ2n) is 3.17. The standard InChI is InChI=1S/2C5H6O5.2Ca.H2O/c2*6-3(5(9)10)1-2-4(7)8;;;/h2*1-2H2,(H,7,8)(H,9,10);;;1H2/q;;2*+2;/p-4. The Bertz CT molecular complexity index is 393. The maximum absolute atomic E-state index is 10.1. The molecule has 0 saturated heterocycles. The predicted octanol–water partition coefficient (Wildman–Crippen LogP) is -7.92. The number of carbonyl (C=O) groups excluding carboxylic acids is 6. The van der Waals surface area contributed by atoms with E-state index in [1.54, 1.807) is 0 Å². The Labute approximate surface area is 189 Å². The molecule has 0 rings (SSSR count). The molecule has 0 spiro atoms. The minimum absolute atomic E-state index is 0. The van der Waals surface area contributed by atoms with Crippen LogP contribution in [0.25, 0.3) is 0 Å². The van der Waals surface area contributed by atoms with Gasteiger partial charge in [-0.15, -0.1) is 0 Å². The van der Waals surface area contributed by atoms with Gasteiger partial charge in [-0.3, -0.25) is 9.59 Å². The molecule has 0 aliphatic carbocycles. The van der Waals surface area contributed by atoms with Gasteiger partial charge in [0.15, 0.2) is 11.6 Å². The molecule has 0 amide bonds. The molecule has 0 atom stereocenters. The predicted molar refractivity (Wildman–Crippen MR) is 63.6 cm³/mol. The molecule has 0 radical (unpaired) electrons. The first kappa shape index (κ1) is 34.1. The fraction of sp³-hybridized carbons (Fsp3) is 0.400. The molecular formula is C10H10Ca2O11. The third kappa shape index (κ3) is 26.9. The maximum atomic E-state index is 10.1. The summed E-state index contributed by atoms with van der Waals surface area (Å²) in [6.45, 7) is 0. The van der Waals surface area contributed by atoms with Crippen LogP contribution >= 0.6 is 0 Å². The summed E-state index contributed by atoms with van der Waals surface area (Å²) < 4.78 is 0. The van der Waals surface area contributed by atoms with Crippen LogP contribution in [0.2, 0.25) is 0 Å². The number of aliphatic carboxylic acids is 4. The zero-order chi connectivity index (χ0) is 16.3. The van der Waals surface area contributed by atoms with E-state index in [0.717, 1.165) is 0 Å². The number of carbonyl (C=O) groups is 6. The zero-order valence-corrected chi connectivity index (χ0v) is 16.2. The second-order valence-corrected chi connectivity index (χ2v) is 3.17. The Morgan fingerprint density at radius 1 is 0.522 bits per heavy atom. The van der Waals surface area contributed by atoms with Crippen LogP contribution in [-0.4, -0.2) is 116 Å². The van der Waals surface area contributed by atoms with E-state index in [9.17, 15) is 49.2 Å². The molecule has 23 heavy (non-hydrogen) atoms. The largest absolute Gasteiger partial charge is 2.00 e. The molecule has 120 valence electrons. The van der Waals surface area contributed by atoms with Crippen LogP contribution in [0.1, 0.15) is 25.7 Å². The van der Waals surface area contributed by atoms with Crippen LogP contribution in [0.4, 0.5) is 0 Å². The fourth-order valence-corrected chi connectivity index (χ4v) is 0.635. The number of Topliss-reactive ketones (excluding diaryl/α,β-unsaturated/α-hetero) is 2. The van der Waals surface area contributed by atoms with Gasteiger partial charge in [0.25, 0.3) is 0 Å². The Hall–Kier alpha value is -0.301. The van der Waals surface area contributed by atoms with Gasteiger partial charge in [0.05, 0.1) is 0 Å². The third-order valence-electron chi connectivity index (χ3n) is 1.57. The average Bonchev–Trinajstić information content (AvgIpc) is 2.33. The molecule has 13 heteroatoms. The van der Waals surface area contributed by atoms with Gasteiger partial charge < -0.3 is 45.1 Å². The molecule has 0 aliphatic rings. The molecule has 0 aromatic rings. The first-order valence-electron chi connectivity index (χ1n) is 4.96. The van der Waals surface area contributed by atoms with E-state index in [0.29, 0.717) is 0 Å². The van der Waals surface area contributed by atoms with Crippen molar-refractivity contribution in [2.45, 2.75) is 25.7 Å². The van der Waals surface area contributed by atoms with E-state index in [1.165, 1.54) is 0 Å². The quantitative estimate of drug-likeness (QED) is 0.282. The minimum Gasteiger partial charge on any atom is -0.550 e. The molecule has 2 N–H and O–H groups in total. The van der Waals surface area contributed by atoms with Crippen LogP contribution in [-0.2, 0) is 28.8 Å². The van der Waals surface area contributed by atoms with Crippen molar-refractivity contribution in [3.8, 4) is 0 Å². The average molecular weight is 386 g/mol. The number of ketones is 2. The molecule has 0 saturated carbocycles. The van der Waals surface area contributed by atoms with Gasteiger partial charge >= 0.3 is 75.5 Å². The van der Waals surface area contributed by atoms with Gasteiger partial charge in [-0.1, -0.05) is 0 Å². The van der Waals surface area contributed by atoms with Crippen LogP contribution in [0.15, 0.2) is 0 Å². The molecule has 0 aliphatic heterocycles. The molecule has 0 unspecified atom stereocenters. The van der Waals surface area contributed by atoms with Crippen molar-refractivity contribution in [1.82, 2.24) is 0 Å². The van der Waals surface area contributed by atoms with Crippen molar-refractivity contribution >= 4 is 111 Å². The summed E-state index contributed by atoms with van der Waals surface area (Å²) in [6, 6.07) is 0. The number of carboxylic acids is 4. The first-order valence-corrected chi connectivity index (χ1v) is 4.96. The summed E-state index contributed by atoms with van der Waals surface area (Å²) in [6.07, 6.45) is -2.28. The summed E-state index contributed by atoms with van der Waals surface area (Å²) in [7, 11) is 0. The molecule has 0 aromatic carbocycles. The van der Waals surface area contributed by atoms with Crippen LogP contribution in [0.3, 0.4) is 0 Å². The fourth-order valence-electron chi connectivity index (χ4n) is 0.635. The van der Waals surface area contributed by atoms with Crippen molar-refractivity contribution in [3.63, 3.8) is 0 Å². The van der Waals surface area contributed by atoms with Gasteiger partial charge in [0.2, 0.25) is 0 Å². The Kier molecular flexibility index (Phi) is 29.3. The van der Waals surface area contributed by atoms with Crippen molar-refractivity contribution in [2.24, 2.45) is 0 Å². The van der Waals surface area contributed by atoms with E-state index in [2.05, 4.69) is 0 Å². The van der Waals surface area contributed by atoms with Gasteiger partial charge in [-0.25, -0.2) is 0 Å². The molecular weight excluding hydrogens is 376 g/mol. The van der Waals surface area contributed by atoms with Gasteiger partial charge in [-0.2, -0.15) is 0 Å². The van der Waals surface area contributed by atoms with E-state index in [4.69, 9.17) is 0 Å². The summed E-state index contributed by atoms with van der Waals surface area (Å²) in [5, 5.41) is 38.6. The Morgan fingerprint density at radius 3 is 0.870 bits per heavy atom. The number of hydrogen-bond acceptors (Lipinski definition) is 10. The molecule has 11 nitrogen and oxygen atoms in total.